The molecular formula is C26H33N7O. The molecule has 0 saturated carbocycles. The zero-order valence-electron chi connectivity index (χ0n) is 20.2. The standard InChI is InChI=1S/C26H33N7O/c1-17-10-11-20(21(27)12-17)14-28-23-22-24(32-25(31-23)30-18(2)13-26(3,4)34)33(16-29-22)15-19-8-6-5-7-9-19/h5-12,16,18,34H,13-15,27H2,1-4H3,(H2,28,30,31,32). The van der Waals surface area contributed by atoms with Gasteiger partial charge >= 0.3 is 0 Å². The van der Waals surface area contributed by atoms with Gasteiger partial charge in [0.15, 0.2) is 17.0 Å². The van der Waals surface area contributed by atoms with Crippen LogP contribution < -0.4 is 16.4 Å². The average Bonchev–Trinajstić information content (AvgIpc) is 3.15. The predicted molar refractivity (Wildman–Crippen MR) is 138 cm³/mol. The normalized spacial score (nSPS) is 12.6. The Morgan fingerprint density at radius 2 is 1.88 bits per heavy atom. The fourth-order valence-electron chi connectivity index (χ4n) is 4.10. The monoisotopic (exact) mass is 459 g/mol. The van der Waals surface area contributed by atoms with E-state index in [1.165, 1.54) is 0 Å². The van der Waals surface area contributed by atoms with Crippen molar-refractivity contribution in [2.24, 2.45) is 0 Å². The molecule has 0 fully saturated rings. The largest absolute Gasteiger partial charge is 0.398 e. The van der Waals surface area contributed by atoms with Crippen LogP contribution in [0.15, 0.2) is 54.9 Å². The van der Waals surface area contributed by atoms with E-state index in [0.29, 0.717) is 36.8 Å². The molecule has 0 amide bonds. The summed E-state index contributed by atoms with van der Waals surface area (Å²) in [7, 11) is 0. The molecule has 34 heavy (non-hydrogen) atoms. The van der Waals surface area contributed by atoms with Gasteiger partial charge in [0.2, 0.25) is 5.95 Å². The molecule has 2 aromatic heterocycles. The summed E-state index contributed by atoms with van der Waals surface area (Å²) in [5.74, 6) is 1.12. The van der Waals surface area contributed by atoms with E-state index >= 15 is 0 Å². The number of hydrogen-bond donors (Lipinski definition) is 4. The van der Waals surface area contributed by atoms with Crippen molar-refractivity contribution in [3.05, 3.63) is 71.5 Å². The van der Waals surface area contributed by atoms with Gasteiger partial charge in [0.25, 0.3) is 0 Å². The number of nitrogens with zero attached hydrogens (tertiary/aromatic N) is 4. The van der Waals surface area contributed by atoms with Crippen LogP contribution in [0.4, 0.5) is 17.5 Å². The molecule has 4 rings (SSSR count). The molecule has 0 aliphatic carbocycles. The van der Waals surface area contributed by atoms with Crippen LogP contribution in [-0.4, -0.2) is 36.3 Å². The number of benzene rings is 2. The Bertz CT molecular complexity index is 1260. The minimum Gasteiger partial charge on any atom is -0.398 e. The van der Waals surface area contributed by atoms with Crippen molar-refractivity contribution >= 4 is 28.6 Å². The van der Waals surface area contributed by atoms with Gasteiger partial charge in [0, 0.05) is 18.3 Å². The van der Waals surface area contributed by atoms with E-state index in [9.17, 15) is 5.11 Å². The lowest BCUT2D eigenvalue weighted by Crippen LogP contribution is -2.29. The molecule has 0 aliphatic rings. The number of nitrogens with two attached hydrogens (primary N) is 1. The van der Waals surface area contributed by atoms with Gasteiger partial charge in [-0.15, -0.1) is 0 Å². The van der Waals surface area contributed by atoms with Crippen LogP contribution in [0.2, 0.25) is 0 Å². The maximum absolute atomic E-state index is 10.2. The van der Waals surface area contributed by atoms with E-state index in [1.807, 2.05) is 54.8 Å². The zero-order chi connectivity index (χ0) is 24.3. The van der Waals surface area contributed by atoms with Gasteiger partial charge in [0.05, 0.1) is 18.5 Å². The molecule has 5 N–H and O–H groups in total. The molecule has 4 aromatic rings. The number of imidazole rings is 1. The number of hydrogen-bond acceptors (Lipinski definition) is 7. The first-order chi connectivity index (χ1) is 16.2. The molecular weight excluding hydrogens is 426 g/mol. The second-order valence-corrected chi connectivity index (χ2v) is 9.54. The first kappa shape index (κ1) is 23.5. The molecule has 0 saturated heterocycles. The number of aliphatic hydroxyl groups is 1. The summed E-state index contributed by atoms with van der Waals surface area (Å²) in [6.07, 6.45) is 2.35. The average molecular weight is 460 g/mol. The summed E-state index contributed by atoms with van der Waals surface area (Å²) < 4.78 is 2.02. The molecule has 1 atom stereocenters. The Hall–Kier alpha value is -3.65. The van der Waals surface area contributed by atoms with Gasteiger partial charge in [-0.1, -0.05) is 42.5 Å². The van der Waals surface area contributed by atoms with Gasteiger partial charge in [-0.25, -0.2) is 4.98 Å². The minimum atomic E-state index is -0.796. The topological polar surface area (TPSA) is 114 Å². The lowest BCUT2D eigenvalue weighted by molar-refractivity contribution is 0.0672. The van der Waals surface area contributed by atoms with Crippen LogP contribution in [0.25, 0.3) is 11.2 Å². The summed E-state index contributed by atoms with van der Waals surface area (Å²) in [4.78, 5) is 14.1. The van der Waals surface area contributed by atoms with Crippen molar-refractivity contribution in [1.82, 2.24) is 19.5 Å². The molecule has 8 nitrogen and oxygen atoms in total. The Morgan fingerprint density at radius 3 is 2.59 bits per heavy atom. The van der Waals surface area contributed by atoms with E-state index in [0.717, 1.165) is 28.0 Å². The number of anilines is 3. The first-order valence-electron chi connectivity index (χ1n) is 11.5. The molecule has 2 aromatic carbocycles. The maximum Gasteiger partial charge on any atom is 0.226 e. The van der Waals surface area contributed by atoms with E-state index in [-0.39, 0.29) is 6.04 Å². The number of rotatable bonds is 9. The van der Waals surface area contributed by atoms with Crippen molar-refractivity contribution in [2.75, 3.05) is 16.4 Å². The van der Waals surface area contributed by atoms with Crippen LogP contribution in [0.3, 0.4) is 0 Å². The molecule has 0 bridgehead atoms. The number of nitrogens with one attached hydrogen (secondary N) is 2. The van der Waals surface area contributed by atoms with Crippen molar-refractivity contribution in [2.45, 2.75) is 58.8 Å². The van der Waals surface area contributed by atoms with E-state index in [4.69, 9.17) is 15.7 Å². The van der Waals surface area contributed by atoms with Crippen LogP contribution in [0.1, 0.15) is 43.9 Å². The first-order valence-corrected chi connectivity index (χ1v) is 11.5. The Balaban J connectivity index is 1.67. The van der Waals surface area contributed by atoms with Gasteiger partial charge in [-0.05, 0) is 56.9 Å². The smallest absolute Gasteiger partial charge is 0.226 e. The highest BCUT2D eigenvalue weighted by Crippen LogP contribution is 2.24. The van der Waals surface area contributed by atoms with Crippen LogP contribution in [0.5, 0.6) is 0 Å². The molecule has 178 valence electrons. The van der Waals surface area contributed by atoms with Crippen molar-refractivity contribution in [3.63, 3.8) is 0 Å². The second-order valence-electron chi connectivity index (χ2n) is 9.54. The molecule has 8 heteroatoms. The fraction of sp³-hybridized carbons (Fsp3) is 0.346. The SMILES string of the molecule is Cc1ccc(CNc2nc(NC(C)CC(C)(C)O)nc3c2ncn3Cc2ccccc2)c(N)c1. The highest BCUT2D eigenvalue weighted by Gasteiger charge is 2.20. The molecule has 0 aliphatic heterocycles. The third kappa shape index (κ3) is 5.82. The number of fused-ring (bicyclic) bond motifs is 1. The summed E-state index contributed by atoms with van der Waals surface area (Å²) in [5.41, 5.74) is 10.9. The molecule has 0 radical (unpaired) electrons. The summed E-state index contributed by atoms with van der Waals surface area (Å²) >= 11 is 0. The highest BCUT2D eigenvalue weighted by atomic mass is 16.3. The van der Waals surface area contributed by atoms with Crippen molar-refractivity contribution in [1.29, 1.82) is 0 Å². The second kappa shape index (κ2) is 9.69. The number of nitrogen functional groups attached to an aromatic ring is 1. The maximum atomic E-state index is 10.2. The summed E-state index contributed by atoms with van der Waals surface area (Å²) in [5, 5.41) is 17.0. The zero-order valence-corrected chi connectivity index (χ0v) is 20.2. The third-order valence-electron chi connectivity index (χ3n) is 5.59. The lowest BCUT2D eigenvalue weighted by atomic mass is 10.0. The van der Waals surface area contributed by atoms with Crippen molar-refractivity contribution < 1.29 is 5.11 Å². The van der Waals surface area contributed by atoms with E-state index in [1.54, 1.807) is 20.2 Å². The number of aryl methyl sites for hydroxylation is 1. The van der Waals surface area contributed by atoms with Gasteiger partial charge in [-0.3, -0.25) is 0 Å². The van der Waals surface area contributed by atoms with Crippen LogP contribution >= 0.6 is 0 Å². The van der Waals surface area contributed by atoms with Crippen molar-refractivity contribution in [3.8, 4) is 0 Å². The van der Waals surface area contributed by atoms with Gasteiger partial charge in [0.1, 0.15) is 0 Å². The Kier molecular flexibility index (Phi) is 6.70. The quantitative estimate of drug-likeness (QED) is 0.275. The van der Waals surface area contributed by atoms with Gasteiger partial charge < -0.3 is 26.0 Å². The van der Waals surface area contributed by atoms with E-state index < -0.39 is 5.60 Å². The molecule has 0 spiro atoms. The number of aromatic nitrogens is 4. The molecule has 1 unspecified atom stereocenters. The summed E-state index contributed by atoms with van der Waals surface area (Å²) in [6, 6.07) is 16.2. The molecule has 2 heterocycles. The Labute approximate surface area is 200 Å². The summed E-state index contributed by atoms with van der Waals surface area (Å²) in [6.45, 7) is 8.78. The predicted octanol–water partition coefficient (Wildman–Crippen LogP) is 4.34. The fourth-order valence-corrected chi connectivity index (χ4v) is 4.10. The Morgan fingerprint density at radius 1 is 1.12 bits per heavy atom. The van der Waals surface area contributed by atoms with E-state index in [2.05, 4.69) is 27.8 Å². The van der Waals surface area contributed by atoms with Crippen LogP contribution in [-0.2, 0) is 13.1 Å². The minimum absolute atomic E-state index is 0.0245. The van der Waals surface area contributed by atoms with Gasteiger partial charge in [-0.2, -0.15) is 9.97 Å². The lowest BCUT2D eigenvalue weighted by Gasteiger charge is -2.23. The van der Waals surface area contributed by atoms with Crippen LogP contribution in [0, 0.1) is 6.92 Å². The third-order valence-corrected chi connectivity index (χ3v) is 5.59. The highest BCUT2D eigenvalue weighted by molar-refractivity contribution is 5.84.